The molecule has 0 spiro atoms. The smallest absolute Gasteiger partial charge is 0.335 e. The summed E-state index contributed by atoms with van der Waals surface area (Å²) in [7, 11) is 0. The monoisotopic (exact) mass is 486 g/mol. The summed E-state index contributed by atoms with van der Waals surface area (Å²) in [6.45, 7) is 7.00. The van der Waals surface area contributed by atoms with Gasteiger partial charge in [0.25, 0.3) is 0 Å². The first-order valence-corrected chi connectivity index (χ1v) is 11.2. The normalized spacial score (nSPS) is 12.7. The summed E-state index contributed by atoms with van der Waals surface area (Å²) < 4.78 is 7.93. The molecular weight excluding hydrogens is 460 g/mol. The molecule has 0 aliphatic rings. The minimum atomic E-state index is -1.11. The van der Waals surface area contributed by atoms with Gasteiger partial charge in [0.15, 0.2) is 0 Å². The predicted octanol–water partition coefficient (Wildman–Crippen LogP) is 3.09. The molecular formula is C24H27ClN4O5. The van der Waals surface area contributed by atoms with Crippen molar-refractivity contribution in [1.29, 1.82) is 0 Å². The van der Waals surface area contributed by atoms with Crippen LogP contribution in [0, 0.1) is 12.8 Å². The van der Waals surface area contributed by atoms with Crippen molar-refractivity contribution >= 4 is 23.3 Å². The van der Waals surface area contributed by atoms with Crippen LogP contribution in [0.1, 0.15) is 31.9 Å². The molecule has 0 fully saturated rings. The Morgan fingerprint density at radius 1 is 1.12 bits per heavy atom. The average molecular weight is 487 g/mol. The maximum absolute atomic E-state index is 13.3. The number of nitrogens with zero attached hydrogens (tertiary/aromatic N) is 3. The molecule has 0 saturated heterocycles. The SMILES string of the molecule is Cc1cc(/N=c2\[nH]c(=O)n(C[C@@H](C)C(=O)O)c(=O)n2Cc2ccc(Cl)cc2)ccc1OC(C)C. The van der Waals surface area contributed by atoms with Gasteiger partial charge in [0.1, 0.15) is 5.75 Å². The van der Waals surface area contributed by atoms with Crippen LogP contribution in [0.25, 0.3) is 0 Å². The van der Waals surface area contributed by atoms with E-state index >= 15 is 0 Å². The van der Waals surface area contributed by atoms with Crippen LogP contribution in [0.5, 0.6) is 5.75 Å². The van der Waals surface area contributed by atoms with Crippen LogP contribution in [-0.4, -0.2) is 31.3 Å². The third-order valence-corrected chi connectivity index (χ3v) is 5.32. The number of carboxylic acid groups (broad SMARTS) is 1. The van der Waals surface area contributed by atoms with Gasteiger partial charge in [0.2, 0.25) is 5.62 Å². The van der Waals surface area contributed by atoms with Gasteiger partial charge in [-0.3, -0.25) is 14.3 Å². The van der Waals surface area contributed by atoms with Crippen molar-refractivity contribution in [2.75, 3.05) is 0 Å². The lowest BCUT2D eigenvalue weighted by Gasteiger charge is -2.14. The molecule has 2 N–H and O–H groups in total. The van der Waals surface area contributed by atoms with Crippen molar-refractivity contribution in [3.8, 4) is 5.75 Å². The highest BCUT2D eigenvalue weighted by molar-refractivity contribution is 6.30. The Bertz CT molecular complexity index is 1370. The quantitative estimate of drug-likeness (QED) is 0.507. The number of nitrogens with one attached hydrogen (secondary N) is 1. The van der Waals surface area contributed by atoms with E-state index < -0.39 is 23.3 Å². The topological polar surface area (TPSA) is 119 Å². The van der Waals surface area contributed by atoms with Crippen LogP contribution in [0.2, 0.25) is 5.02 Å². The van der Waals surface area contributed by atoms with Crippen molar-refractivity contribution in [3.05, 3.63) is 85.2 Å². The molecule has 0 saturated carbocycles. The first-order chi connectivity index (χ1) is 16.0. The van der Waals surface area contributed by atoms with E-state index in [1.165, 1.54) is 11.5 Å². The molecule has 0 bridgehead atoms. The molecule has 1 atom stereocenters. The fourth-order valence-corrected chi connectivity index (χ4v) is 3.41. The van der Waals surface area contributed by atoms with Crippen LogP contribution >= 0.6 is 11.6 Å². The van der Waals surface area contributed by atoms with E-state index in [4.69, 9.17) is 16.3 Å². The third kappa shape index (κ3) is 6.05. The van der Waals surface area contributed by atoms with Crippen LogP contribution in [0.4, 0.5) is 5.69 Å². The molecule has 0 unspecified atom stereocenters. The minimum Gasteiger partial charge on any atom is -0.491 e. The van der Waals surface area contributed by atoms with Gasteiger partial charge in [-0.1, -0.05) is 30.7 Å². The van der Waals surface area contributed by atoms with Gasteiger partial charge in [-0.2, -0.15) is 0 Å². The van der Waals surface area contributed by atoms with Crippen LogP contribution in [0.15, 0.2) is 57.0 Å². The number of halogens is 1. The number of carboxylic acids is 1. The molecule has 3 rings (SSSR count). The highest BCUT2D eigenvalue weighted by Crippen LogP contribution is 2.24. The van der Waals surface area contributed by atoms with Crippen LogP contribution in [0.3, 0.4) is 0 Å². The molecule has 1 aromatic heterocycles. The number of aromatic amines is 1. The number of aliphatic carboxylic acids is 1. The number of aromatic nitrogens is 3. The van der Waals surface area contributed by atoms with Gasteiger partial charge in [0, 0.05) is 11.6 Å². The lowest BCUT2D eigenvalue weighted by Crippen LogP contribution is -2.51. The molecule has 1 heterocycles. The molecule has 9 nitrogen and oxygen atoms in total. The van der Waals surface area contributed by atoms with Crippen LogP contribution < -0.4 is 21.7 Å². The van der Waals surface area contributed by atoms with Gasteiger partial charge >= 0.3 is 17.3 Å². The van der Waals surface area contributed by atoms with E-state index in [1.807, 2.05) is 20.8 Å². The summed E-state index contributed by atoms with van der Waals surface area (Å²) in [5.74, 6) is -1.32. The largest absolute Gasteiger partial charge is 0.491 e. The molecule has 0 aliphatic carbocycles. The molecule has 0 amide bonds. The van der Waals surface area contributed by atoms with E-state index in [9.17, 15) is 19.5 Å². The van der Waals surface area contributed by atoms with Gasteiger partial charge in [-0.25, -0.2) is 19.1 Å². The Labute approximate surface area is 200 Å². The predicted molar refractivity (Wildman–Crippen MR) is 129 cm³/mol. The Morgan fingerprint density at radius 3 is 2.38 bits per heavy atom. The van der Waals surface area contributed by atoms with Crippen molar-refractivity contribution < 1.29 is 14.6 Å². The average Bonchev–Trinajstić information content (AvgIpc) is 2.76. The molecule has 2 aromatic carbocycles. The second-order valence-electron chi connectivity index (χ2n) is 8.33. The van der Waals surface area contributed by atoms with Gasteiger partial charge in [-0.05, 0) is 62.2 Å². The minimum absolute atomic E-state index is 0.0140. The van der Waals surface area contributed by atoms with E-state index in [0.29, 0.717) is 10.7 Å². The Balaban J connectivity index is 2.16. The standard InChI is InChI=1S/C24H27ClN4O5/c1-14(2)34-20-10-9-19(11-15(20)3)26-22-27-23(32)29(12-16(4)21(30)31)24(33)28(22)13-17-5-7-18(25)8-6-17/h5-11,14,16H,12-13H2,1-4H3,(H,30,31)(H,26,27,32)/t16-/m1/s1. The zero-order valence-electron chi connectivity index (χ0n) is 19.4. The van der Waals surface area contributed by atoms with E-state index in [1.54, 1.807) is 42.5 Å². The second kappa shape index (κ2) is 10.6. The third-order valence-electron chi connectivity index (χ3n) is 5.07. The maximum atomic E-state index is 13.3. The number of hydrogen-bond acceptors (Lipinski definition) is 5. The van der Waals surface area contributed by atoms with E-state index in [-0.39, 0.29) is 24.8 Å². The summed E-state index contributed by atoms with van der Waals surface area (Å²) in [6.07, 6.45) is 0.0140. The number of H-pyrrole nitrogens is 1. The second-order valence-corrected chi connectivity index (χ2v) is 8.76. The number of carbonyl (C=O) groups is 1. The van der Waals surface area contributed by atoms with Gasteiger partial charge in [-0.15, -0.1) is 0 Å². The zero-order chi connectivity index (χ0) is 25.0. The molecule has 0 aliphatic heterocycles. The molecule has 34 heavy (non-hydrogen) atoms. The number of ether oxygens (including phenoxy) is 1. The highest BCUT2D eigenvalue weighted by Gasteiger charge is 2.17. The fourth-order valence-electron chi connectivity index (χ4n) is 3.28. The molecule has 10 heteroatoms. The Morgan fingerprint density at radius 2 is 1.79 bits per heavy atom. The summed E-state index contributed by atoms with van der Waals surface area (Å²) in [5.41, 5.74) is 0.767. The lowest BCUT2D eigenvalue weighted by atomic mass is 10.2. The van der Waals surface area contributed by atoms with Gasteiger partial charge < -0.3 is 9.84 Å². The summed E-state index contributed by atoms with van der Waals surface area (Å²) in [6, 6.07) is 12.2. The molecule has 3 aromatic rings. The number of benzene rings is 2. The van der Waals surface area contributed by atoms with Crippen molar-refractivity contribution in [3.63, 3.8) is 0 Å². The summed E-state index contributed by atoms with van der Waals surface area (Å²) >= 11 is 5.97. The fraction of sp³-hybridized carbons (Fsp3) is 0.333. The Kier molecular flexibility index (Phi) is 7.78. The molecule has 0 radical (unpaired) electrons. The number of hydrogen-bond donors (Lipinski definition) is 2. The van der Waals surface area contributed by atoms with E-state index in [0.717, 1.165) is 21.4 Å². The Hall–Kier alpha value is -3.59. The first-order valence-electron chi connectivity index (χ1n) is 10.8. The highest BCUT2D eigenvalue weighted by atomic mass is 35.5. The number of aryl methyl sites for hydroxylation is 1. The number of rotatable bonds is 8. The van der Waals surface area contributed by atoms with Crippen molar-refractivity contribution in [1.82, 2.24) is 14.1 Å². The van der Waals surface area contributed by atoms with Crippen molar-refractivity contribution in [2.24, 2.45) is 10.9 Å². The van der Waals surface area contributed by atoms with Crippen LogP contribution in [-0.2, 0) is 17.9 Å². The first kappa shape index (κ1) is 25.0. The van der Waals surface area contributed by atoms with Crippen molar-refractivity contribution in [2.45, 2.75) is 46.9 Å². The summed E-state index contributed by atoms with van der Waals surface area (Å²) in [5, 5.41) is 9.78. The maximum Gasteiger partial charge on any atom is 0.335 e. The van der Waals surface area contributed by atoms with Gasteiger partial charge in [0.05, 0.1) is 24.3 Å². The summed E-state index contributed by atoms with van der Waals surface area (Å²) in [4.78, 5) is 44.4. The van der Waals surface area contributed by atoms with E-state index in [2.05, 4.69) is 9.98 Å². The lowest BCUT2D eigenvalue weighted by molar-refractivity contribution is -0.141. The molecule has 180 valence electrons. The zero-order valence-corrected chi connectivity index (χ0v) is 20.2.